The molecule has 2 aromatic rings. The van der Waals surface area contributed by atoms with Crippen molar-refractivity contribution in [1.82, 2.24) is 9.88 Å². The number of Topliss-reactive ketones (excluding diaryl/α,β-unsaturated/α-hetero) is 1. The predicted octanol–water partition coefficient (Wildman–Crippen LogP) is 1.73. The summed E-state index contributed by atoms with van der Waals surface area (Å²) in [5.41, 5.74) is 1.15. The first kappa shape index (κ1) is 21.2. The Labute approximate surface area is 172 Å². The van der Waals surface area contributed by atoms with E-state index in [0.717, 1.165) is 6.07 Å². The number of carbonyl (C=O) groups is 3. The lowest BCUT2D eigenvalue weighted by molar-refractivity contribution is -0.119. The summed E-state index contributed by atoms with van der Waals surface area (Å²) in [7, 11) is 1.58. The zero-order chi connectivity index (χ0) is 22.2. The van der Waals surface area contributed by atoms with Gasteiger partial charge in [-0.15, -0.1) is 0 Å². The van der Waals surface area contributed by atoms with Crippen LogP contribution in [0.1, 0.15) is 50.5 Å². The van der Waals surface area contributed by atoms with Crippen molar-refractivity contribution in [1.29, 1.82) is 5.26 Å². The van der Waals surface area contributed by atoms with Crippen molar-refractivity contribution in [3.63, 3.8) is 0 Å². The molecule has 0 bridgehead atoms. The fourth-order valence-corrected chi connectivity index (χ4v) is 3.58. The Morgan fingerprint density at radius 2 is 1.93 bits per heavy atom. The second kappa shape index (κ2) is 8.08. The molecule has 0 unspecified atom stereocenters. The zero-order valence-corrected chi connectivity index (χ0v) is 16.7. The second-order valence-corrected chi connectivity index (χ2v) is 7.38. The second-order valence-electron chi connectivity index (χ2n) is 7.38. The minimum atomic E-state index is -0.792. The lowest BCUT2D eigenvalue weighted by Gasteiger charge is -2.31. The van der Waals surface area contributed by atoms with Gasteiger partial charge < -0.3 is 20.3 Å². The van der Waals surface area contributed by atoms with Crippen LogP contribution in [0.15, 0.2) is 18.2 Å². The van der Waals surface area contributed by atoms with Gasteiger partial charge in [0, 0.05) is 24.5 Å². The van der Waals surface area contributed by atoms with Crippen molar-refractivity contribution in [3.05, 3.63) is 52.1 Å². The number of ketones is 1. The summed E-state index contributed by atoms with van der Waals surface area (Å²) < 4.78 is 15.0. The van der Waals surface area contributed by atoms with Crippen molar-refractivity contribution < 1.29 is 23.9 Å². The van der Waals surface area contributed by atoms with Crippen LogP contribution in [-0.2, 0) is 11.8 Å². The maximum Gasteiger partial charge on any atom is 0.294 e. The molecule has 0 spiro atoms. The lowest BCUT2D eigenvalue weighted by atomic mass is 9.89. The van der Waals surface area contributed by atoms with Crippen LogP contribution in [0.2, 0.25) is 0 Å². The first-order valence-electron chi connectivity index (χ1n) is 9.34. The van der Waals surface area contributed by atoms with E-state index < -0.39 is 29.5 Å². The normalized spacial score (nSPS) is 17.6. The molecule has 9 heteroatoms. The van der Waals surface area contributed by atoms with Gasteiger partial charge in [-0.3, -0.25) is 14.4 Å². The number of nitrogens with one attached hydrogen (secondary N) is 2. The number of benzene rings is 1. The molecule has 8 nitrogen and oxygen atoms in total. The number of aromatic nitrogens is 1. The molecule has 3 N–H and O–H groups in total. The van der Waals surface area contributed by atoms with E-state index in [-0.39, 0.29) is 28.6 Å². The van der Waals surface area contributed by atoms with Gasteiger partial charge in [-0.1, -0.05) is 0 Å². The zero-order valence-electron chi connectivity index (χ0n) is 16.7. The molecule has 1 aliphatic carbocycles. The molecule has 156 valence electrons. The number of halogens is 1. The molecule has 3 rings (SSSR count). The average Bonchev–Trinajstić information content (AvgIpc) is 2.90. The van der Waals surface area contributed by atoms with Crippen LogP contribution in [0.3, 0.4) is 0 Å². The molecule has 1 saturated carbocycles. The van der Waals surface area contributed by atoms with Crippen molar-refractivity contribution in [2.75, 3.05) is 5.32 Å². The Balaban J connectivity index is 1.84. The van der Waals surface area contributed by atoms with Crippen LogP contribution in [0.25, 0.3) is 0 Å². The topological polar surface area (TPSA) is 124 Å². The van der Waals surface area contributed by atoms with Gasteiger partial charge in [0.25, 0.3) is 17.6 Å². The number of nitriles is 1. The van der Waals surface area contributed by atoms with Crippen molar-refractivity contribution in [2.45, 2.75) is 38.8 Å². The van der Waals surface area contributed by atoms with Gasteiger partial charge in [0.2, 0.25) is 0 Å². The summed E-state index contributed by atoms with van der Waals surface area (Å²) in [4.78, 5) is 37.9. The van der Waals surface area contributed by atoms with E-state index in [2.05, 4.69) is 10.6 Å². The molecule has 0 aliphatic heterocycles. The first-order chi connectivity index (χ1) is 14.1. The first-order valence-corrected chi connectivity index (χ1v) is 9.34. The van der Waals surface area contributed by atoms with Crippen LogP contribution in [0.4, 0.5) is 10.1 Å². The minimum absolute atomic E-state index is 0.0897. The number of anilines is 1. The molecule has 0 atom stereocenters. The van der Waals surface area contributed by atoms with Crippen LogP contribution in [0, 0.1) is 31.0 Å². The molecule has 0 radical (unpaired) electrons. The van der Waals surface area contributed by atoms with Crippen molar-refractivity contribution >= 4 is 23.3 Å². The van der Waals surface area contributed by atoms with Crippen molar-refractivity contribution in [2.24, 2.45) is 7.05 Å². The number of aliphatic hydroxyl groups excluding tert-OH is 1. The highest BCUT2D eigenvalue weighted by Gasteiger charge is 2.33. The third-order valence-electron chi connectivity index (χ3n) is 5.37. The maximum absolute atomic E-state index is 13.5. The van der Waals surface area contributed by atoms with Crippen LogP contribution < -0.4 is 10.6 Å². The number of carbonyl (C=O) groups excluding carboxylic acids is 3. The standard InChI is InChI=1S/C21H21FN4O4/c1-10-17(20(29)24-13-4-5-16(22)12(6-13)9-23)11(2)26(3)18(10)19(28)21(30)25-14-7-15(27)8-14/h4-6,14-15,27H,7-8H2,1-3H3,(H,24,29)(H,25,30)/t14-,15+. The van der Waals surface area contributed by atoms with Gasteiger partial charge in [-0.2, -0.15) is 5.26 Å². The van der Waals surface area contributed by atoms with Gasteiger partial charge in [-0.25, -0.2) is 4.39 Å². The summed E-state index contributed by atoms with van der Waals surface area (Å²) in [5.74, 6) is -2.80. The molecule has 1 aliphatic rings. The Kier molecular flexibility index (Phi) is 5.71. The smallest absolute Gasteiger partial charge is 0.294 e. The Hall–Kier alpha value is -3.51. The van der Waals surface area contributed by atoms with Gasteiger partial charge in [0.15, 0.2) is 0 Å². The largest absolute Gasteiger partial charge is 0.393 e. The SMILES string of the molecule is Cc1c(C(=O)Nc2ccc(F)c(C#N)c2)c(C)n(C)c1C(=O)C(=O)N[C@H]1C[C@@H](O)C1. The molecule has 1 fully saturated rings. The number of hydrogen-bond donors (Lipinski definition) is 3. The molecule has 30 heavy (non-hydrogen) atoms. The number of amides is 2. The van der Waals surface area contributed by atoms with E-state index in [1.54, 1.807) is 27.0 Å². The summed E-state index contributed by atoms with van der Waals surface area (Å²) in [5, 5.41) is 23.4. The monoisotopic (exact) mass is 412 g/mol. The Morgan fingerprint density at radius 1 is 1.27 bits per heavy atom. The number of nitrogens with zero attached hydrogens (tertiary/aromatic N) is 2. The lowest BCUT2D eigenvalue weighted by Crippen LogP contribution is -2.49. The minimum Gasteiger partial charge on any atom is -0.393 e. The highest BCUT2D eigenvalue weighted by atomic mass is 19.1. The highest BCUT2D eigenvalue weighted by Crippen LogP contribution is 2.24. The molecule has 1 aromatic heterocycles. The third kappa shape index (κ3) is 3.82. The highest BCUT2D eigenvalue weighted by molar-refractivity contribution is 6.43. The van der Waals surface area contributed by atoms with E-state index in [4.69, 9.17) is 5.26 Å². The van der Waals surface area contributed by atoms with Crippen LogP contribution >= 0.6 is 0 Å². The molecular weight excluding hydrogens is 391 g/mol. The Morgan fingerprint density at radius 3 is 2.53 bits per heavy atom. The van der Waals surface area contributed by atoms with E-state index in [1.165, 1.54) is 16.7 Å². The summed E-state index contributed by atoms with van der Waals surface area (Å²) >= 11 is 0. The van der Waals surface area contributed by atoms with E-state index in [0.29, 0.717) is 24.1 Å². The van der Waals surface area contributed by atoms with Crippen LogP contribution in [0.5, 0.6) is 0 Å². The molecule has 1 aromatic carbocycles. The average molecular weight is 412 g/mol. The Bertz CT molecular complexity index is 1090. The summed E-state index contributed by atoms with van der Waals surface area (Å²) in [6, 6.07) is 5.08. The third-order valence-corrected chi connectivity index (χ3v) is 5.37. The molecule has 1 heterocycles. The molecule has 0 saturated heterocycles. The van der Waals surface area contributed by atoms with Gasteiger partial charge >= 0.3 is 0 Å². The van der Waals surface area contributed by atoms with Gasteiger partial charge in [0.05, 0.1) is 22.9 Å². The van der Waals surface area contributed by atoms with Crippen LogP contribution in [-0.4, -0.2) is 39.4 Å². The van der Waals surface area contributed by atoms with Gasteiger partial charge in [0.1, 0.15) is 11.9 Å². The van der Waals surface area contributed by atoms with E-state index in [9.17, 15) is 23.9 Å². The fourth-order valence-electron chi connectivity index (χ4n) is 3.58. The van der Waals surface area contributed by atoms with Gasteiger partial charge in [-0.05, 0) is 50.5 Å². The summed E-state index contributed by atoms with van der Waals surface area (Å²) in [6.45, 7) is 3.21. The maximum atomic E-state index is 13.5. The number of hydrogen-bond acceptors (Lipinski definition) is 5. The predicted molar refractivity (Wildman–Crippen MR) is 105 cm³/mol. The van der Waals surface area contributed by atoms with E-state index in [1.807, 2.05) is 0 Å². The molecular formula is C21H21FN4O4. The number of aliphatic hydroxyl groups is 1. The quantitative estimate of drug-likeness (QED) is 0.510. The van der Waals surface area contributed by atoms with Crippen molar-refractivity contribution in [3.8, 4) is 6.07 Å². The van der Waals surface area contributed by atoms with E-state index >= 15 is 0 Å². The number of rotatable bonds is 5. The summed E-state index contributed by atoms with van der Waals surface area (Å²) in [6.07, 6.45) is 0.341. The molecule has 2 amide bonds. The fraction of sp³-hybridized carbons (Fsp3) is 0.333.